The summed E-state index contributed by atoms with van der Waals surface area (Å²) < 4.78 is 11.1. The Kier molecular flexibility index (Phi) is 6.23. The molecule has 0 aromatic heterocycles. The molecule has 1 aliphatic rings. The van der Waals surface area contributed by atoms with E-state index in [1.54, 1.807) is 25.1 Å². The lowest BCUT2D eigenvalue weighted by Crippen LogP contribution is -2.42. The number of anilines is 1. The summed E-state index contributed by atoms with van der Waals surface area (Å²) in [6.07, 6.45) is 0. The van der Waals surface area contributed by atoms with Gasteiger partial charge in [0.05, 0.1) is 24.9 Å². The standard InChI is InChI=1S/C20H19BrClN3O5/c1-20(11-5-4-6-12(21)7-11)18(27)25(19(28)24-20)10-17(26)23-14-9-15(29-2)13(22)8-16(14)30-3/h4-9H,10H2,1-3H3,(H,23,26)(H,24,28)/t20-/m1/s1. The molecular formula is C20H19BrClN3O5. The van der Waals surface area contributed by atoms with Crippen molar-refractivity contribution < 1.29 is 23.9 Å². The van der Waals surface area contributed by atoms with Gasteiger partial charge in [0.1, 0.15) is 23.6 Å². The lowest BCUT2D eigenvalue weighted by atomic mass is 9.92. The van der Waals surface area contributed by atoms with E-state index in [4.69, 9.17) is 21.1 Å². The monoisotopic (exact) mass is 495 g/mol. The number of nitrogens with one attached hydrogen (secondary N) is 2. The maximum Gasteiger partial charge on any atom is 0.325 e. The Bertz CT molecular complexity index is 1030. The molecule has 1 fully saturated rings. The van der Waals surface area contributed by atoms with E-state index in [1.165, 1.54) is 26.4 Å². The minimum Gasteiger partial charge on any atom is -0.495 e. The number of hydrogen-bond donors (Lipinski definition) is 2. The number of imide groups is 1. The number of ether oxygens (including phenoxy) is 2. The van der Waals surface area contributed by atoms with Crippen LogP contribution < -0.4 is 20.1 Å². The quantitative estimate of drug-likeness (QED) is 0.597. The number of nitrogens with zero attached hydrogens (tertiary/aromatic N) is 1. The molecule has 2 aromatic carbocycles. The fourth-order valence-electron chi connectivity index (χ4n) is 3.13. The van der Waals surface area contributed by atoms with Crippen molar-refractivity contribution in [1.29, 1.82) is 0 Å². The molecule has 1 heterocycles. The highest BCUT2D eigenvalue weighted by atomic mass is 79.9. The predicted molar refractivity (Wildman–Crippen MR) is 115 cm³/mol. The zero-order chi connectivity index (χ0) is 22.1. The summed E-state index contributed by atoms with van der Waals surface area (Å²) >= 11 is 9.42. The molecule has 0 spiro atoms. The van der Waals surface area contributed by atoms with Gasteiger partial charge < -0.3 is 20.1 Å². The number of amides is 4. The molecule has 4 amide bonds. The van der Waals surface area contributed by atoms with Crippen LogP contribution in [0.1, 0.15) is 12.5 Å². The minimum atomic E-state index is -1.28. The van der Waals surface area contributed by atoms with Gasteiger partial charge in [-0.1, -0.05) is 39.7 Å². The second-order valence-electron chi connectivity index (χ2n) is 6.69. The van der Waals surface area contributed by atoms with Crippen LogP contribution in [-0.4, -0.2) is 43.5 Å². The number of benzene rings is 2. The van der Waals surface area contributed by atoms with Gasteiger partial charge in [-0.15, -0.1) is 0 Å². The first-order valence-electron chi connectivity index (χ1n) is 8.81. The van der Waals surface area contributed by atoms with E-state index in [9.17, 15) is 14.4 Å². The first-order valence-corrected chi connectivity index (χ1v) is 9.98. The number of carbonyl (C=O) groups is 3. The van der Waals surface area contributed by atoms with Crippen molar-refractivity contribution in [3.63, 3.8) is 0 Å². The van der Waals surface area contributed by atoms with Gasteiger partial charge in [0.25, 0.3) is 5.91 Å². The van der Waals surface area contributed by atoms with Crippen LogP contribution in [-0.2, 0) is 15.1 Å². The zero-order valence-corrected chi connectivity index (χ0v) is 18.8. The summed E-state index contributed by atoms with van der Waals surface area (Å²) in [7, 11) is 2.87. The Morgan fingerprint density at radius 2 is 1.90 bits per heavy atom. The van der Waals surface area contributed by atoms with E-state index in [-0.39, 0.29) is 0 Å². The van der Waals surface area contributed by atoms with Gasteiger partial charge in [-0.25, -0.2) is 4.79 Å². The molecule has 158 valence electrons. The van der Waals surface area contributed by atoms with Crippen molar-refractivity contribution in [3.05, 3.63) is 51.5 Å². The van der Waals surface area contributed by atoms with Gasteiger partial charge in [0.15, 0.2) is 0 Å². The first-order chi connectivity index (χ1) is 14.2. The van der Waals surface area contributed by atoms with Crippen LogP contribution in [0.3, 0.4) is 0 Å². The van der Waals surface area contributed by atoms with Crippen molar-refractivity contribution in [1.82, 2.24) is 10.2 Å². The van der Waals surface area contributed by atoms with Crippen LogP contribution in [0.5, 0.6) is 11.5 Å². The molecule has 0 unspecified atom stereocenters. The zero-order valence-electron chi connectivity index (χ0n) is 16.4. The van der Waals surface area contributed by atoms with Crippen LogP contribution in [0.25, 0.3) is 0 Å². The molecule has 10 heteroatoms. The van der Waals surface area contributed by atoms with E-state index in [0.717, 1.165) is 9.37 Å². The summed E-state index contributed by atoms with van der Waals surface area (Å²) in [5.41, 5.74) is -0.379. The lowest BCUT2D eigenvalue weighted by molar-refractivity contribution is -0.133. The van der Waals surface area contributed by atoms with Gasteiger partial charge in [-0.2, -0.15) is 0 Å². The molecule has 2 N–H and O–H groups in total. The Labute approximate surface area is 186 Å². The normalized spacial score (nSPS) is 18.2. The summed E-state index contributed by atoms with van der Waals surface area (Å²) in [5.74, 6) is -0.462. The number of methoxy groups -OCH3 is 2. The van der Waals surface area contributed by atoms with E-state index in [1.807, 2.05) is 6.07 Å². The Balaban J connectivity index is 1.79. The van der Waals surface area contributed by atoms with Crippen molar-refractivity contribution >= 4 is 51.1 Å². The largest absolute Gasteiger partial charge is 0.495 e. The Morgan fingerprint density at radius 3 is 2.53 bits per heavy atom. The van der Waals surface area contributed by atoms with Crippen molar-refractivity contribution in [3.8, 4) is 11.5 Å². The number of hydrogen-bond acceptors (Lipinski definition) is 5. The maximum absolute atomic E-state index is 13.0. The molecule has 1 aliphatic heterocycles. The molecule has 0 saturated carbocycles. The fourth-order valence-corrected chi connectivity index (χ4v) is 3.76. The molecule has 0 radical (unpaired) electrons. The number of rotatable bonds is 6. The second-order valence-corrected chi connectivity index (χ2v) is 8.01. The third-order valence-corrected chi connectivity index (χ3v) is 5.52. The third kappa shape index (κ3) is 4.08. The van der Waals surface area contributed by atoms with Crippen LogP contribution in [0.15, 0.2) is 40.9 Å². The van der Waals surface area contributed by atoms with Gasteiger partial charge >= 0.3 is 6.03 Å². The molecule has 0 bridgehead atoms. The molecular weight excluding hydrogens is 478 g/mol. The molecule has 2 aromatic rings. The predicted octanol–water partition coefficient (Wildman–Crippen LogP) is 3.53. The average molecular weight is 497 g/mol. The average Bonchev–Trinajstić information content (AvgIpc) is 2.93. The van der Waals surface area contributed by atoms with Crippen LogP contribution in [0.4, 0.5) is 10.5 Å². The molecule has 0 aliphatic carbocycles. The second kappa shape index (κ2) is 8.53. The van der Waals surface area contributed by atoms with Crippen molar-refractivity contribution in [2.45, 2.75) is 12.5 Å². The van der Waals surface area contributed by atoms with E-state index in [0.29, 0.717) is 27.8 Å². The third-order valence-electron chi connectivity index (χ3n) is 4.73. The molecule has 1 saturated heterocycles. The van der Waals surface area contributed by atoms with Crippen LogP contribution in [0, 0.1) is 0 Å². The molecule has 1 atom stereocenters. The van der Waals surface area contributed by atoms with Crippen molar-refractivity contribution in [2.24, 2.45) is 0 Å². The minimum absolute atomic E-state index is 0.297. The van der Waals surface area contributed by atoms with Gasteiger partial charge in [0, 0.05) is 16.6 Å². The fraction of sp³-hybridized carbons (Fsp3) is 0.250. The van der Waals surface area contributed by atoms with E-state index in [2.05, 4.69) is 26.6 Å². The Morgan fingerprint density at radius 1 is 1.20 bits per heavy atom. The van der Waals surface area contributed by atoms with Gasteiger partial charge in [-0.3, -0.25) is 14.5 Å². The summed E-state index contributed by atoms with van der Waals surface area (Å²) in [6, 6.07) is 9.39. The number of urea groups is 1. The van der Waals surface area contributed by atoms with E-state index >= 15 is 0 Å². The van der Waals surface area contributed by atoms with Crippen molar-refractivity contribution in [2.75, 3.05) is 26.1 Å². The summed E-state index contributed by atoms with van der Waals surface area (Å²) in [4.78, 5) is 38.9. The lowest BCUT2D eigenvalue weighted by Gasteiger charge is -2.22. The smallest absolute Gasteiger partial charge is 0.325 e. The summed E-state index contributed by atoms with van der Waals surface area (Å²) in [5, 5.41) is 5.60. The van der Waals surface area contributed by atoms with E-state index < -0.39 is 29.9 Å². The first kappa shape index (κ1) is 21.9. The van der Waals surface area contributed by atoms with Gasteiger partial charge in [-0.05, 0) is 24.6 Å². The SMILES string of the molecule is COc1cc(NC(=O)CN2C(=O)N[C@](C)(c3cccc(Br)c3)C2=O)c(OC)cc1Cl. The highest BCUT2D eigenvalue weighted by Crippen LogP contribution is 2.36. The highest BCUT2D eigenvalue weighted by molar-refractivity contribution is 9.10. The number of halogens is 2. The summed E-state index contributed by atoms with van der Waals surface area (Å²) in [6.45, 7) is 1.13. The Hall–Kier alpha value is -2.78. The topological polar surface area (TPSA) is 97.0 Å². The molecule has 3 rings (SSSR count). The maximum atomic E-state index is 13.0. The molecule has 30 heavy (non-hydrogen) atoms. The van der Waals surface area contributed by atoms with Crippen LogP contribution >= 0.6 is 27.5 Å². The van der Waals surface area contributed by atoms with Gasteiger partial charge in [0.2, 0.25) is 5.91 Å². The number of carbonyl (C=O) groups excluding carboxylic acids is 3. The van der Waals surface area contributed by atoms with Crippen LogP contribution in [0.2, 0.25) is 5.02 Å². The highest BCUT2D eigenvalue weighted by Gasteiger charge is 2.49. The molecule has 8 nitrogen and oxygen atoms in total.